The van der Waals surface area contributed by atoms with Gasteiger partial charge in [0.05, 0.1) is 20.0 Å². The van der Waals surface area contributed by atoms with Crippen LogP contribution in [0.1, 0.15) is 25.0 Å². The smallest absolute Gasteiger partial charge is 0.249 e. The van der Waals surface area contributed by atoms with Crippen LogP contribution in [0.2, 0.25) is 0 Å². The second-order valence-electron chi connectivity index (χ2n) is 7.70. The molecule has 168 valence electrons. The van der Waals surface area contributed by atoms with E-state index in [0.29, 0.717) is 23.8 Å². The Bertz CT molecular complexity index is 1320. The van der Waals surface area contributed by atoms with E-state index in [1.807, 2.05) is 63.2 Å². The lowest BCUT2D eigenvalue weighted by Gasteiger charge is -2.12. The first-order chi connectivity index (χ1) is 16.0. The van der Waals surface area contributed by atoms with E-state index in [1.165, 1.54) is 0 Å². The highest BCUT2D eigenvalue weighted by Crippen LogP contribution is 2.38. The Balaban J connectivity index is 1.72. The molecule has 33 heavy (non-hydrogen) atoms. The molecule has 0 aliphatic heterocycles. The van der Waals surface area contributed by atoms with Gasteiger partial charge in [0.2, 0.25) is 5.91 Å². The number of furan rings is 1. The second kappa shape index (κ2) is 9.61. The minimum absolute atomic E-state index is 0.258. The summed E-state index contributed by atoms with van der Waals surface area (Å²) in [6.07, 6.45) is 5.00. The van der Waals surface area contributed by atoms with Crippen LogP contribution in [0.3, 0.4) is 0 Å². The summed E-state index contributed by atoms with van der Waals surface area (Å²) in [6, 6.07) is 15.4. The molecule has 2 aromatic carbocycles. The molecule has 0 bridgehead atoms. The topological polar surface area (TPSA) is 73.6 Å². The number of carbonyl (C=O) groups is 1. The predicted molar refractivity (Wildman–Crippen MR) is 131 cm³/mol. The summed E-state index contributed by atoms with van der Waals surface area (Å²) in [5.41, 5.74) is 5.24. The summed E-state index contributed by atoms with van der Waals surface area (Å²) >= 11 is 0. The summed E-state index contributed by atoms with van der Waals surface area (Å²) in [5.74, 6) is 1.67. The minimum Gasteiger partial charge on any atom is -0.497 e. The van der Waals surface area contributed by atoms with Gasteiger partial charge in [-0.3, -0.25) is 4.79 Å². The van der Waals surface area contributed by atoms with Gasteiger partial charge in [-0.2, -0.15) is 0 Å². The van der Waals surface area contributed by atoms with Gasteiger partial charge in [-0.15, -0.1) is 0 Å². The molecule has 6 nitrogen and oxygen atoms in total. The van der Waals surface area contributed by atoms with Crippen molar-refractivity contribution in [1.29, 1.82) is 0 Å². The van der Waals surface area contributed by atoms with Crippen LogP contribution in [-0.2, 0) is 4.79 Å². The summed E-state index contributed by atoms with van der Waals surface area (Å²) in [6.45, 7) is 6.25. The standard InChI is InChI=1S/C27H26N2O4/c1-5-32-24-14-25-22(23(16-33-25)19-7-6-8-20(12-19)31-4)13-21(24)18(3)11-27(30)29-26-10-9-17(2)15-28-26/h6-16H,5H2,1-4H3,(H,28,29,30)/b18-11+. The first-order valence-corrected chi connectivity index (χ1v) is 10.7. The zero-order chi connectivity index (χ0) is 23.4. The fourth-order valence-corrected chi connectivity index (χ4v) is 3.63. The number of hydrogen-bond donors (Lipinski definition) is 1. The van der Waals surface area contributed by atoms with E-state index in [-0.39, 0.29) is 5.91 Å². The average Bonchev–Trinajstić information content (AvgIpc) is 3.23. The monoisotopic (exact) mass is 442 g/mol. The fourth-order valence-electron chi connectivity index (χ4n) is 3.63. The number of aryl methyl sites for hydroxylation is 1. The SMILES string of the molecule is CCOc1cc2occ(-c3cccc(OC)c3)c2cc1/C(C)=C/C(=O)Nc1ccc(C)cn1. The van der Waals surface area contributed by atoms with Gasteiger partial charge in [0.15, 0.2) is 0 Å². The molecule has 0 aliphatic rings. The molecule has 0 unspecified atom stereocenters. The van der Waals surface area contributed by atoms with Crippen molar-refractivity contribution in [1.82, 2.24) is 4.98 Å². The van der Waals surface area contributed by atoms with Crippen LogP contribution in [0.15, 0.2) is 71.5 Å². The van der Waals surface area contributed by atoms with Crippen LogP contribution in [0.5, 0.6) is 11.5 Å². The number of anilines is 1. The summed E-state index contributed by atoms with van der Waals surface area (Å²) in [5, 5.41) is 3.73. The van der Waals surface area contributed by atoms with E-state index >= 15 is 0 Å². The molecule has 2 aromatic heterocycles. The van der Waals surface area contributed by atoms with Crippen LogP contribution in [0.25, 0.3) is 27.7 Å². The number of fused-ring (bicyclic) bond motifs is 1. The molecule has 0 saturated heterocycles. The van der Waals surface area contributed by atoms with Crippen molar-refractivity contribution in [2.45, 2.75) is 20.8 Å². The Labute approximate surface area is 192 Å². The number of nitrogens with one attached hydrogen (secondary N) is 1. The first-order valence-electron chi connectivity index (χ1n) is 10.7. The summed E-state index contributed by atoms with van der Waals surface area (Å²) < 4.78 is 17.1. The van der Waals surface area contributed by atoms with Gasteiger partial charge in [-0.25, -0.2) is 4.98 Å². The van der Waals surface area contributed by atoms with Crippen molar-refractivity contribution in [3.63, 3.8) is 0 Å². The Morgan fingerprint density at radius 2 is 2.03 bits per heavy atom. The van der Waals surface area contributed by atoms with E-state index in [1.54, 1.807) is 31.7 Å². The number of methoxy groups -OCH3 is 1. The maximum absolute atomic E-state index is 12.6. The number of ether oxygens (including phenoxy) is 2. The van der Waals surface area contributed by atoms with Gasteiger partial charge in [0, 0.05) is 34.9 Å². The molecule has 0 radical (unpaired) electrons. The number of carbonyl (C=O) groups excluding carboxylic acids is 1. The van der Waals surface area contributed by atoms with E-state index in [4.69, 9.17) is 13.9 Å². The number of benzene rings is 2. The number of amides is 1. The Morgan fingerprint density at radius 3 is 2.76 bits per heavy atom. The van der Waals surface area contributed by atoms with Crippen molar-refractivity contribution in [3.05, 3.63) is 78.2 Å². The molecule has 4 rings (SSSR count). The Morgan fingerprint density at radius 1 is 1.18 bits per heavy atom. The molecule has 1 amide bonds. The van der Waals surface area contributed by atoms with E-state index in [9.17, 15) is 4.79 Å². The Hall–Kier alpha value is -4.06. The fraction of sp³-hybridized carbons (Fsp3) is 0.185. The molecule has 0 saturated carbocycles. The lowest BCUT2D eigenvalue weighted by Crippen LogP contribution is -2.10. The minimum atomic E-state index is -0.258. The van der Waals surface area contributed by atoms with Gasteiger partial charge < -0.3 is 19.2 Å². The van der Waals surface area contributed by atoms with Crippen LogP contribution < -0.4 is 14.8 Å². The van der Waals surface area contributed by atoms with Crippen molar-refractivity contribution in [2.75, 3.05) is 19.0 Å². The second-order valence-corrected chi connectivity index (χ2v) is 7.70. The molecule has 0 fully saturated rings. The third-order valence-electron chi connectivity index (χ3n) is 5.29. The summed E-state index contributed by atoms with van der Waals surface area (Å²) in [4.78, 5) is 16.9. The van der Waals surface area contributed by atoms with Gasteiger partial charge in [0.25, 0.3) is 0 Å². The van der Waals surface area contributed by atoms with E-state index in [0.717, 1.165) is 39.0 Å². The normalized spacial score (nSPS) is 11.5. The zero-order valence-corrected chi connectivity index (χ0v) is 19.1. The highest BCUT2D eigenvalue weighted by molar-refractivity contribution is 6.05. The van der Waals surface area contributed by atoms with Gasteiger partial charge in [-0.1, -0.05) is 18.2 Å². The number of aromatic nitrogens is 1. The third kappa shape index (κ3) is 4.90. The highest BCUT2D eigenvalue weighted by Gasteiger charge is 2.16. The first kappa shape index (κ1) is 22.1. The molecule has 0 spiro atoms. The van der Waals surface area contributed by atoms with Gasteiger partial charge >= 0.3 is 0 Å². The van der Waals surface area contributed by atoms with Crippen LogP contribution >= 0.6 is 0 Å². The summed E-state index contributed by atoms with van der Waals surface area (Å²) in [7, 11) is 1.64. The van der Waals surface area contributed by atoms with E-state index < -0.39 is 0 Å². The molecule has 2 heterocycles. The molecule has 4 aromatic rings. The number of rotatable bonds is 7. The molecule has 0 atom stereocenters. The van der Waals surface area contributed by atoms with Gasteiger partial charge in [0.1, 0.15) is 22.9 Å². The number of pyridine rings is 1. The number of hydrogen-bond acceptors (Lipinski definition) is 5. The van der Waals surface area contributed by atoms with Crippen molar-refractivity contribution >= 4 is 28.3 Å². The molecular weight excluding hydrogens is 416 g/mol. The van der Waals surface area contributed by atoms with E-state index in [2.05, 4.69) is 10.3 Å². The number of nitrogens with zero attached hydrogens (tertiary/aromatic N) is 1. The maximum atomic E-state index is 12.6. The lowest BCUT2D eigenvalue weighted by atomic mass is 9.99. The zero-order valence-electron chi connectivity index (χ0n) is 19.1. The van der Waals surface area contributed by atoms with Crippen molar-refractivity contribution in [3.8, 4) is 22.6 Å². The van der Waals surface area contributed by atoms with Crippen LogP contribution in [0.4, 0.5) is 5.82 Å². The molecule has 6 heteroatoms. The molecule has 0 aliphatic carbocycles. The van der Waals surface area contributed by atoms with Crippen LogP contribution in [0, 0.1) is 6.92 Å². The van der Waals surface area contributed by atoms with Crippen molar-refractivity contribution in [2.24, 2.45) is 0 Å². The Kier molecular flexibility index (Phi) is 6.45. The van der Waals surface area contributed by atoms with Crippen molar-refractivity contribution < 1.29 is 18.7 Å². The highest BCUT2D eigenvalue weighted by atomic mass is 16.5. The third-order valence-corrected chi connectivity index (χ3v) is 5.29. The average molecular weight is 443 g/mol. The lowest BCUT2D eigenvalue weighted by molar-refractivity contribution is -0.111. The predicted octanol–water partition coefficient (Wildman–Crippen LogP) is 6.25. The molecular formula is C27H26N2O4. The maximum Gasteiger partial charge on any atom is 0.249 e. The number of allylic oxidation sites excluding steroid dienone is 1. The molecule has 1 N–H and O–H groups in total. The largest absolute Gasteiger partial charge is 0.497 e. The van der Waals surface area contributed by atoms with Crippen LogP contribution in [-0.4, -0.2) is 24.6 Å². The quantitative estimate of drug-likeness (QED) is 0.342. The van der Waals surface area contributed by atoms with Gasteiger partial charge in [-0.05, 0) is 61.7 Å².